The molecule has 6 nitrogen and oxygen atoms in total. The summed E-state index contributed by atoms with van der Waals surface area (Å²) in [5, 5.41) is 4.61. The number of pyridine rings is 1. The first-order chi connectivity index (χ1) is 13.0. The normalized spacial score (nSPS) is 11.0. The van der Waals surface area contributed by atoms with E-state index >= 15 is 0 Å². The Morgan fingerprint density at radius 3 is 2.63 bits per heavy atom. The molecule has 138 valence electrons. The Morgan fingerprint density at radius 1 is 1.22 bits per heavy atom. The lowest BCUT2D eigenvalue weighted by molar-refractivity contribution is 0.0955. The highest BCUT2D eigenvalue weighted by Crippen LogP contribution is 2.28. The van der Waals surface area contributed by atoms with Gasteiger partial charge in [0.05, 0.1) is 18.3 Å². The van der Waals surface area contributed by atoms with Crippen LogP contribution in [0.25, 0.3) is 5.69 Å². The summed E-state index contributed by atoms with van der Waals surface area (Å²) < 4.78 is 7.27. The number of nitrogens with one attached hydrogen (secondary N) is 1. The number of nitrogens with zero attached hydrogens (tertiary/aromatic N) is 3. The number of hydrogen-bond donors (Lipinski definition) is 1. The van der Waals surface area contributed by atoms with E-state index in [4.69, 9.17) is 16.3 Å². The van der Waals surface area contributed by atoms with Crippen molar-refractivity contribution in [1.82, 2.24) is 15.0 Å². The maximum absolute atomic E-state index is 12.0. The van der Waals surface area contributed by atoms with Gasteiger partial charge in [0.1, 0.15) is 5.75 Å². The average molecular weight is 383 g/mol. The second-order valence-corrected chi connectivity index (χ2v) is 6.32. The number of hydrazone groups is 1. The van der Waals surface area contributed by atoms with Gasteiger partial charge in [-0.15, -0.1) is 0 Å². The molecule has 0 radical (unpaired) electrons. The molecule has 0 unspecified atom stereocenters. The number of benzene rings is 1. The van der Waals surface area contributed by atoms with Gasteiger partial charge in [-0.05, 0) is 50.2 Å². The Morgan fingerprint density at radius 2 is 1.96 bits per heavy atom. The minimum absolute atomic E-state index is 0.288. The predicted molar refractivity (Wildman–Crippen MR) is 106 cm³/mol. The fourth-order valence-corrected chi connectivity index (χ4v) is 3.09. The molecule has 7 heteroatoms. The zero-order valence-corrected chi connectivity index (χ0v) is 16.0. The number of halogens is 1. The molecule has 3 rings (SSSR count). The molecule has 1 N–H and O–H groups in total. The maximum Gasteiger partial charge on any atom is 0.271 e. The van der Waals surface area contributed by atoms with Crippen molar-refractivity contribution >= 4 is 23.7 Å². The van der Waals surface area contributed by atoms with E-state index in [2.05, 4.69) is 20.1 Å². The molecule has 2 heterocycles. The van der Waals surface area contributed by atoms with Crippen molar-refractivity contribution in [3.63, 3.8) is 0 Å². The van der Waals surface area contributed by atoms with E-state index in [1.54, 1.807) is 37.9 Å². The van der Waals surface area contributed by atoms with E-state index in [0.29, 0.717) is 16.3 Å². The molecule has 2 aromatic heterocycles. The van der Waals surface area contributed by atoms with Crippen LogP contribution in [0, 0.1) is 13.8 Å². The number of aromatic nitrogens is 2. The van der Waals surface area contributed by atoms with Gasteiger partial charge >= 0.3 is 0 Å². The summed E-state index contributed by atoms with van der Waals surface area (Å²) in [6.07, 6.45) is 4.75. The van der Waals surface area contributed by atoms with Crippen LogP contribution in [0.2, 0.25) is 5.02 Å². The summed E-state index contributed by atoms with van der Waals surface area (Å²) in [5.41, 5.74) is 6.85. The van der Waals surface area contributed by atoms with Gasteiger partial charge in [0, 0.05) is 40.6 Å². The first kappa shape index (κ1) is 18.7. The number of hydrogen-bond acceptors (Lipinski definition) is 4. The fourth-order valence-electron chi connectivity index (χ4n) is 2.84. The van der Waals surface area contributed by atoms with Gasteiger partial charge in [-0.1, -0.05) is 11.6 Å². The summed E-state index contributed by atoms with van der Waals surface area (Å²) in [5.74, 6) is 0.341. The molecule has 0 spiro atoms. The van der Waals surface area contributed by atoms with Crippen molar-refractivity contribution in [2.45, 2.75) is 13.8 Å². The summed E-state index contributed by atoms with van der Waals surface area (Å²) in [7, 11) is 1.59. The lowest BCUT2D eigenvalue weighted by Gasteiger charge is -2.11. The van der Waals surface area contributed by atoms with Crippen LogP contribution in [0.15, 0.2) is 53.9 Å². The van der Waals surface area contributed by atoms with Gasteiger partial charge in [-0.3, -0.25) is 9.78 Å². The number of methoxy groups -OCH3 is 1. The van der Waals surface area contributed by atoms with Crippen LogP contribution in [0.5, 0.6) is 5.75 Å². The molecular formula is C20H19ClN4O2. The number of carbonyl (C=O) groups is 1. The SMILES string of the molecule is COc1ccc(-n2c(C)cc(/C=N\NC(=O)c3ccncc3)c2C)cc1Cl. The van der Waals surface area contributed by atoms with E-state index in [1.165, 1.54) is 0 Å². The molecule has 1 aromatic carbocycles. The van der Waals surface area contributed by atoms with Crippen molar-refractivity contribution in [1.29, 1.82) is 0 Å². The first-order valence-corrected chi connectivity index (χ1v) is 8.65. The van der Waals surface area contributed by atoms with Crippen LogP contribution in [0.1, 0.15) is 27.3 Å². The fraction of sp³-hybridized carbons (Fsp3) is 0.150. The largest absolute Gasteiger partial charge is 0.495 e. The number of carbonyl (C=O) groups excluding carboxylic acids is 1. The molecule has 0 saturated carbocycles. The minimum Gasteiger partial charge on any atom is -0.495 e. The summed E-state index contributed by atoms with van der Waals surface area (Å²) in [6.45, 7) is 3.98. The van der Waals surface area contributed by atoms with Crippen molar-refractivity contribution in [3.8, 4) is 11.4 Å². The third-order valence-corrected chi connectivity index (χ3v) is 4.47. The summed E-state index contributed by atoms with van der Waals surface area (Å²) in [4.78, 5) is 15.9. The number of amides is 1. The number of aryl methyl sites for hydroxylation is 1. The van der Waals surface area contributed by atoms with Gasteiger partial charge < -0.3 is 9.30 Å². The second kappa shape index (κ2) is 8.05. The molecule has 0 aliphatic rings. The zero-order chi connectivity index (χ0) is 19.4. The highest BCUT2D eigenvalue weighted by molar-refractivity contribution is 6.32. The van der Waals surface area contributed by atoms with Crippen LogP contribution in [-0.2, 0) is 0 Å². The van der Waals surface area contributed by atoms with Crippen LogP contribution >= 0.6 is 11.6 Å². The lowest BCUT2D eigenvalue weighted by Crippen LogP contribution is -2.17. The summed E-state index contributed by atoms with van der Waals surface area (Å²) in [6, 6.07) is 10.9. The Hall–Kier alpha value is -3.12. The minimum atomic E-state index is -0.288. The lowest BCUT2D eigenvalue weighted by atomic mass is 10.2. The van der Waals surface area contributed by atoms with E-state index in [1.807, 2.05) is 38.1 Å². The van der Waals surface area contributed by atoms with Crippen molar-refractivity contribution in [2.75, 3.05) is 7.11 Å². The monoisotopic (exact) mass is 382 g/mol. The molecule has 0 aliphatic heterocycles. The van der Waals surface area contributed by atoms with Gasteiger partial charge in [0.15, 0.2) is 0 Å². The zero-order valence-electron chi connectivity index (χ0n) is 15.2. The van der Waals surface area contributed by atoms with E-state index in [9.17, 15) is 4.79 Å². The van der Waals surface area contributed by atoms with Gasteiger partial charge in [-0.25, -0.2) is 5.43 Å². The van der Waals surface area contributed by atoms with E-state index in [-0.39, 0.29) is 5.91 Å². The molecule has 0 fully saturated rings. The second-order valence-electron chi connectivity index (χ2n) is 5.92. The Kier molecular flexibility index (Phi) is 5.57. The van der Waals surface area contributed by atoms with Crippen molar-refractivity contribution in [3.05, 3.63) is 76.3 Å². The highest BCUT2D eigenvalue weighted by Gasteiger charge is 2.11. The number of ether oxygens (including phenoxy) is 1. The van der Waals surface area contributed by atoms with Crippen molar-refractivity contribution in [2.24, 2.45) is 5.10 Å². The quantitative estimate of drug-likeness (QED) is 0.537. The molecule has 27 heavy (non-hydrogen) atoms. The Labute approximate surface area is 162 Å². The van der Waals surface area contributed by atoms with Crippen LogP contribution in [0.4, 0.5) is 0 Å². The highest BCUT2D eigenvalue weighted by atomic mass is 35.5. The third kappa shape index (κ3) is 4.01. The van der Waals surface area contributed by atoms with E-state index in [0.717, 1.165) is 22.6 Å². The van der Waals surface area contributed by atoms with Crippen LogP contribution < -0.4 is 10.2 Å². The topological polar surface area (TPSA) is 68.5 Å². The smallest absolute Gasteiger partial charge is 0.271 e. The Balaban J connectivity index is 1.81. The average Bonchev–Trinajstić information content (AvgIpc) is 2.95. The Bertz CT molecular complexity index is 997. The van der Waals surface area contributed by atoms with Gasteiger partial charge in [0.25, 0.3) is 5.91 Å². The predicted octanol–water partition coefficient (Wildman–Crippen LogP) is 3.92. The molecule has 0 bridgehead atoms. The van der Waals surface area contributed by atoms with Crippen LogP contribution in [0.3, 0.4) is 0 Å². The van der Waals surface area contributed by atoms with Crippen LogP contribution in [-0.4, -0.2) is 28.8 Å². The number of rotatable bonds is 5. The molecule has 0 aliphatic carbocycles. The van der Waals surface area contributed by atoms with Gasteiger partial charge in [0.2, 0.25) is 0 Å². The molecule has 0 atom stereocenters. The van der Waals surface area contributed by atoms with Gasteiger partial charge in [-0.2, -0.15) is 5.10 Å². The maximum atomic E-state index is 12.0. The molecule has 1 amide bonds. The van der Waals surface area contributed by atoms with E-state index < -0.39 is 0 Å². The molecule has 0 saturated heterocycles. The molecular weight excluding hydrogens is 364 g/mol. The molecule has 3 aromatic rings. The standard InChI is InChI=1S/C20H19ClN4O2/c1-13-10-16(12-23-24-20(26)15-6-8-22-9-7-15)14(2)25(13)17-4-5-19(27-3)18(21)11-17/h4-12H,1-3H3,(H,24,26)/b23-12-. The third-order valence-electron chi connectivity index (χ3n) is 4.18. The van der Waals surface area contributed by atoms with Crippen molar-refractivity contribution < 1.29 is 9.53 Å². The summed E-state index contributed by atoms with van der Waals surface area (Å²) >= 11 is 6.25. The first-order valence-electron chi connectivity index (χ1n) is 8.27.